The summed E-state index contributed by atoms with van der Waals surface area (Å²) in [5.74, 6) is 0. The second kappa shape index (κ2) is 16.9. The van der Waals surface area contributed by atoms with Crippen molar-refractivity contribution in [3.63, 3.8) is 0 Å². The zero-order chi connectivity index (χ0) is 43.6. The van der Waals surface area contributed by atoms with Crippen molar-refractivity contribution in [2.24, 2.45) is 0 Å². The highest BCUT2D eigenvalue weighted by Crippen LogP contribution is 2.18. The predicted octanol–water partition coefficient (Wildman–Crippen LogP) is 5.39. The van der Waals surface area contributed by atoms with Crippen LogP contribution in [0.5, 0.6) is 0 Å². The molecule has 0 atom stereocenters. The molecule has 5 heterocycles. The van der Waals surface area contributed by atoms with Gasteiger partial charge in [0, 0.05) is 25.8 Å². The number of rotatable bonds is 0. The molecule has 0 saturated heterocycles. The zero-order valence-corrected chi connectivity index (χ0v) is 34.3. The molecule has 0 fully saturated rings. The first-order chi connectivity index (χ1) is 28.4. The number of hydrogen-bond donors (Lipinski definition) is 0. The first-order valence-electron chi connectivity index (χ1n) is 18.2. The molecule has 0 amide bonds. The summed E-state index contributed by atoms with van der Waals surface area (Å²) in [7, 11) is 0. The average molecular weight is 821 g/mol. The van der Waals surface area contributed by atoms with E-state index in [0.717, 1.165) is 55.6 Å². The maximum atomic E-state index is 10.9. The van der Waals surface area contributed by atoms with Crippen LogP contribution in [-0.4, -0.2) is 25.8 Å². The van der Waals surface area contributed by atoms with Gasteiger partial charge in [0.15, 0.2) is 0 Å². The Kier molecular flexibility index (Phi) is 11.8. The SMILES string of the molecule is Cc1cc2no[n+]([O-])c2cc1C.Cc1cc2no[n+]([O-])c2cc1C.Cc1cc2no[n+]([O-])c2cc1C.Cc1cc2no[n+]([O-])c2cc1C.Cc1cc2no[n+]([O-])c2cc1C. The van der Waals surface area contributed by atoms with Crippen LogP contribution in [0.3, 0.4) is 0 Å². The van der Waals surface area contributed by atoms with Gasteiger partial charge in [0.05, 0.1) is 0 Å². The number of aryl methyl sites for hydroxylation is 10. The molecule has 10 aromatic rings. The summed E-state index contributed by atoms with van der Waals surface area (Å²) in [4.78, 5) is 2.09. The van der Waals surface area contributed by atoms with Gasteiger partial charge in [-0.2, -0.15) is 0 Å². The van der Waals surface area contributed by atoms with Crippen LogP contribution in [0.25, 0.3) is 55.2 Å². The number of hydrogen-bond acceptors (Lipinski definition) is 15. The van der Waals surface area contributed by atoms with Crippen molar-refractivity contribution in [1.29, 1.82) is 0 Å². The minimum absolute atomic E-state index is 0.418. The smallest absolute Gasteiger partial charge is 0.248 e. The molecule has 20 heteroatoms. The van der Waals surface area contributed by atoms with Crippen molar-refractivity contribution in [1.82, 2.24) is 25.8 Å². The Balaban J connectivity index is 0.000000126. The van der Waals surface area contributed by atoms with Gasteiger partial charge in [-0.15, -0.1) is 0 Å². The third-order valence-corrected chi connectivity index (χ3v) is 10.0. The Labute approximate surface area is 339 Å². The summed E-state index contributed by atoms with van der Waals surface area (Å²) in [5.41, 5.74) is 16.3. The van der Waals surface area contributed by atoms with Gasteiger partial charge in [0.25, 0.3) is 0 Å². The van der Waals surface area contributed by atoms with E-state index in [9.17, 15) is 26.0 Å². The second-order valence-electron chi connectivity index (χ2n) is 14.3. The fourth-order valence-corrected chi connectivity index (χ4v) is 5.65. The molecule has 20 nitrogen and oxygen atoms in total. The highest BCUT2D eigenvalue weighted by molar-refractivity contribution is 5.75. The molecule has 60 heavy (non-hydrogen) atoms. The maximum Gasteiger partial charge on any atom is 0.248 e. The molecule has 0 aliphatic carbocycles. The minimum Gasteiger partial charge on any atom is -0.359 e. The normalized spacial score (nSPS) is 10.8. The summed E-state index contributed by atoms with van der Waals surface area (Å²) < 4.78 is 22.2. The molecule has 310 valence electrons. The Morgan fingerprint density at radius 2 is 0.400 bits per heavy atom. The number of benzene rings is 5. The van der Waals surface area contributed by atoms with Crippen molar-refractivity contribution in [2.45, 2.75) is 69.2 Å². The lowest BCUT2D eigenvalue weighted by atomic mass is 10.1. The molecule has 0 saturated carbocycles. The third-order valence-electron chi connectivity index (χ3n) is 10.0. The summed E-state index contributed by atoms with van der Waals surface area (Å²) in [6, 6.07) is 18.0. The van der Waals surface area contributed by atoms with Crippen LogP contribution in [0.4, 0.5) is 0 Å². The van der Waals surface area contributed by atoms with Crippen molar-refractivity contribution < 1.29 is 47.7 Å². The van der Waals surface area contributed by atoms with Gasteiger partial charge in [-0.25, -0.2) is 0 Å². The van der Waals surface area contributed by atoms with E-state index in [4.69, 9.17) is 0 Å². The van der Waals surface area contributed by atoms with Crippen LogP contribution in [0.2, 0.25) is 0 Å². The predicted molar refractivity (Wildman–Crippen MR) is 212 cm³/mol. The van der Waals surface area contributed by atoms with Crippen LogP contribution in [0.15, 0.2) is 83.8 Å². The molecule has 0 unspecified atom stereocenters. The summed E-state index contributed by atoms with van der Waals surface area (Å²) in [5, 5.41) is 72.6. The van der Waals surface area contributed by atoms with Gasteiger partial charge in [0.2, 0.25) is 55.2 Å². The highest BCUT2D eigenvalue weighted by atomic mass is 16.8. The molecule has 5 aromatic heterocycles. The van der Waals surface area contributed by atoms with E-state index in [0.29, 0.717) is 79.7 Å². The van der Waals surface area contributed by atoms with Crippen molar-refractivity contribution >= 4 is 55.2 Å². The fourth-order valence-electron chi connectivity index (χ4n) is 5.65. The Morgan fingerprint density at radius 3 is 0.550 bits per heavy atom. The fraction of sp³-hybridized carbons (Fsp3) is 0.250. The van der Waals surface area contributed by atoms with E-state index in [1.807, 2.05) is 99.6 Å². The minimum atomic E-state index is 0.418. The molecule has 0 bridgehead atoms. The van der Waals surface area contributed by atoms with Crippen LogP contribution >= 0.6 is 0 Å². The zero-order valence-electron chi connectivity index (χ0n) is 34.3. The molecule has 0 spiro atoms. The van der Waals surface area contributed by atoms with Gasteiger partial charge in [-0.05, 0) is 210 Å². The van der Waals surface area contributed by atoms with E-state index >= 15 is 0 Å². The molecule has 0 radical (unpaired) electrons. The van der Waals surface area contributed by atoms with Crippen LogP contribution in [-0.2, 0) is 0 Å². The lowest BCUT2D eigenvalue weighted by molar-refractivity contribution is -0.782. The first kappa shape index (κ1) is 41.7. The Bertz CT molecular complexity index is 2660. The number of fused-ring (bicyclic) bond motifs is 5. The average Bonchev–Trinajstić information content (AvgIpc) is 4.03. The van der Waals surface area contributed by atoms with E-state index in [1.54, 1.807) is 30.3 Å². The summed E-state index contributed by atoms with van der Waals surface area (Å²) in [6.07, 6.45) is 0. The van der Waals surface area contributed by atoms with Crippen molar-refractivity contribution in [3.05, 3.63) is 142 Å². The highest BCUT2D eigenvalue weighted by Gasteiger charge is 2.13. The van der Waals surface area contributed by atoms with Gasteiger partial charge >= 0.3 is 0 Å². The maximum absolute atomic E-state index is 10.9. The third kappa shape index (κ3) is 8.81. The van der Waals surface area contributed by atoms with Gasteiger partial charge in [-0.1, -0.05) is 0 Å². The Morgan fingerprint density at radius 1 is 0.267 bits per heavy atom. The van der Waals surface area contributed by atoms with E-state index in [-0.39, 0.29) is 0 Å². The van der Waals surface area contributed by atoms with Gasteiger partial charge < -0.3 is 26.0 Å². The largest absolute Gasteiger partial charge is 0.359 e. The molecule has 0 aliphatic heterocycles. The van der Waals surface area contributed by atoms with Crippen molar-refractivity contribution in [2.75, 3.05) is 0 Å². The van der Waals surface area contributed by atoms with Gasteiger partial charge in [-0.3, -0.25) is 23.1 Å². The van der Waals surface area contributed by atoms with Crippen LogP contribution < -0.4 is 24.5 Å². The van der Waals surface area contributed by atoms with Crippen LogP contribution in [0.1, 0.15) is 55.6 Å². The van der Waals surface area contributed by atoms with Gasteiger partial charge in [0.1, 0.15) is 0 Å². The van der Waals surface area contributed by atoms with E-state index in [2.05, 4.69) is 48.9 Å². The molecule has 10 rings (SSSR count). The standard InChI is InChI=1S/5C8H8N2O2/c5*1-5-3-7-8(4-6(5)2)10(11)12-9-7/h5*3-4H,1-2H3. The number of aromatic nitrogens is 10. The molecule has 5 aromatic carbocycles. The molecule has 0 aliphatic rings. The lowest BCUT2D eigenvalue weighted by Crippen LogP contribution is -2.22. The molecular weight excluding hydrogens is 780 g/mol. The molecular formula is C40H40N10O10. The van der Waals surface area contributed by atoms with E-state index in [1.165, 1.54) is 0 Å². The van der Waals surface area contributed by atoms with E-state index < -0.39 is 0 Å². The summed E-state index contributed by atoms with van der Waals surface area (Å²) >= 11 is 0. The monoisotopic (exact) mass is 820 g/mol. The van der Waals surface area contributed by atoms with Crippen molar-refractivity contribution in [3.8, 4) is 0 Å². The number of nitrogens with zero attached hydrogens (tertiary/aromatic N) is 10. The Hall–Kier alpha value is -7.90. The van der Waals surface area contributed by atoms with Crippen LogP contribution in [0, 0.1) is 95.3 Å². The molecule has 0 N–H and O–H groups in total. The quantitative estimate of drug-likeness (QED) is 0.174. The topological polar surface area (TPSA) is 265 Å². The summed E-state index contributed by atoms with van der Waals surface area (Å²) in [6.45, 7) is 19.6. The second-order valence-corrected chi connectivity index (χ2v) is 14.3. The lowest BCUT2D eigenvalue weighted by Gasteiger charge is -1.94. The first-order valence-corrected chi connectivity index (χ1v) is 18.2.